The average molecular weight is 111 g/mol. The van der Waals surface area contributed by atoms with Crippen LogP contribution < -0.4 is 0 Å². The first-order valence-electron chi connectivity index (χ1n) is 2.95. The van der Waals surface area contributed by atoms with E-state index in [0.29, 0.717) is 6.04 Å². The van der Waals surface area contributed by atoms with Gasteiger partial charge in [-0.3, -0.25) is 4.99 Å². The molecule has 0 rings (SSSR count). The van der Waals surface area contributed by atoms with Gasteiger partial charge in [0.15, 0.2) is 0 Å². The van der Waals surface area contributed by atoms with Crippen LogP contribution in [0, 0.1) is 0 Å². The molecular weight excluding hydrogens is 98.1 g/mol. The van der Waals surface area contributed by atoms with Gasteiger partial charge in [0.1, 0.15) is 0 Å². The Balaban J connectivity index is 3.35. The number of hydrogen-bond acceptors (Lipinski definition) is 1. The molecule has 0 N–H and O–H groups in total. The van der Waals surface area contributed by atoms with E-state index < -0.39 is 0 Å². The summed E-state index contributed by atoms with van der Waals surface area (Å²) in [6, 6.07) is 0.452. The third-order valence-electron chi connectivity index (χ3n) is 1.04. The minimum Gasteiger partial charge on any atom is -0.290 e. The first-order chi connectivity index (χ1) is 3.81. The Morgan fingerprint density at radius 2 is 2.38 bits per heavy atom. The van der Waals surface area contributed by atoms with Crippen LogP contribution in [0.5, 0.6) is 0 Å². The van der Waals surface area contributed by atoms with Crippen molar-refractivity contribution in [3.05, 3.63) is 12.7 Å². The first kappa shape index (κ1) is 7.41. The maximum Gasteiger partial charge on any atom is 0.0468 e. The van der Waals surface area contributed by atoms with E-state index in [1.807, 2.05) is 0 Å². The molecule has 1 unspecified atom stereocenters. The van der Waals surface area contributed by atoms with Gasteiger partial charge >= 0.3 is 0 Å². The number of rotatable bonds is 3. The molecule has 1 heteroatoms. The lowest BCUT2D eigenvalue weighted by atomic mass is 10.3. The number of hydrogen-bond donors (Lipinski definition) is 0. The zero-order chi connectivity index (χ0) is 6.41. The Morgan fingerprint density at radius 3 is 2.75 bits per heavy atom. The van der Waals surface area contributed by atoms with E-state index >= 15 is 0 Å². The van der Waals surface area contributed by atoms with Crippen LogP contribution in [0.1, 0.15) is 20.3 Å². The van der Waals surface area contributed by atoms with Gasteiger partial charge in [-0.05, 0) is 13.3 Å². The summed E-state index contributed by atoms with van der Waals surface area (Å²) in [5.74, 6) is 0. The van der Waals surface area contributed by atoms with E-state index in [-0.39, 0.29) is 0 Å². The number of aliphatic imine (C=N–C) groups is 1. The molecule has 8 heavy (non-hydrogen) atoms. The van der Waals surface area contributed by atoms with E-state index in [1.54, 1.807) is 12.3 Å². The van der Waals surface area contributed by atoms with Crippen molar-refractivity contribution in [3.8, 4) is 0 Å². The van der Waals surface area contributed by atoms with Gasteiger partial charge in [0, 0.05) is 12.3 Å². The van der Waals surface area contributed by atoms with E-state index in [2.05, 4.69) is 25.4 Å². The number of nitrogens with zero attached hydrogens (tertiary/aromatic N) is 1. The largest absolute Gasteiger partial charge is 0.290 e. The number of allylic oxidation sites excluding steroid dienone is 1. The Labute approximate surface area is 51.1 Å². The van der Waals surface area contributed by atoms with Crippen LogP contribution in [0.4, 0.5) is 0 Å². The highest BCUT2D eigenvalue weighted by molar-refractivity contribution is 5.70. The third-order valence-corrected chi connectivity index (χ3v) is 1.04. The van der Waals surface area contributed by atoms with Crippen LogP contribution in [-0.2, 0) is 0 Å². The molecule has 0 heterocycles. The van der Waals surface area contributed by atoms with E-state index in [0.717, 1.165) is 6.42 Å². The first-order valence-corrected chi connectivity index (χ1v) is 2.95. The molecule has 0 aromatic rings. The second-order valence-electron chi connectivity index (χ2n) is 1.79. The maximum absolute atomic E-state index is 4.12. The van der Waals surface area contributed by atoms with Crippen LogP contribution in [0.2, 0.25) is 0 Å². The average Bonchev–Trinajstić information content (AvgIpc) is 1.83. The van der Waals surface area contributed by atoms with Crippen LogP contribution in [0.25, 0.3) is 0 Å². The molecule has 0 aliphatic heterocycles. The van der Waals surface area contributed by atoms with Crippen LogP contribution in [0.15, 0.2) is 17.6 Å². The summed E-state index contributed by atoms with van der Waals surface area (Å²) >= 11 is 0. The SMILES string of the molecule is C=CC=NC(C)CC. The molecule has 1 atom stereocenters. The molecule has 0 radical (unpaired) electrons. The lowest BCUT2D eigenvalue weighted by Gasteiger charge is -1.96. The molecule has 1 nitrogen and oxygen atoms in total. The smallest absolute Gasteiger partial charge is 0.0468 e. The molecule has 0 fully saturated rings. The molecular formula is C7H13N. The molecule has 0 saturated carbocycles. The normalized spacial score (nSPS) is 14.2. The second-order valence-corrected chi connectivity index (χ2v) is 1.79. The minimum atomic E-state index is 0.452. The summed E-state index contributed by atoms with van der Waals surface area (Å²) < 4.78 is 0. The molecule has 0 spiro atoms. The molecule has 0 saturated heterocycles. The van der Waals surface area contributed by atoms with Crippen LogP contribution in [-0.4, -0.2) is 12.3 Å². The fourth-order valence-electron chi connectivity index (χ4n) is 0.313. The lowest BCUT2D eigenvalue weighted by molar-refractivity contribution is 0.721. The topological polar surface area (TPSA) is 12.4 Å². The van der Waals surface area contributed by atoms with Crippen molar-refractivity contribution in [2.24, 2.45) is 4.99 Å². The zero-order valence-electron chi connectivity index (χ0n) is 5.59. The lowest BCUT2D eigenvalue weighted by Crippen LogP contribution is -1.92. The van der Waals surface area contributed by atoms with Crippen molar-refractivity contribution in [1.29, 1.82) is 0 Å². The molecule has 0 aliphatic rings. The van der Waals surface area contributed by atoms with Gasteiger partial charge in [0.25, 0.3) is 0 Å². The van der Waals surface area contributed by atoms with Gasteiger partial charge in [0.05, 0.1) is 0 Å². The fraction of sp³-hybridized carbons (Fsp3) is 0.571. The Morgan fingerprint density at radius 1 is 1.75 bits per heavy atom. The summed E-state index contributed by atoms with van der Waals surface area (Å²) in [4.78, 5) is 4.12. The highest BCUT2D eigenvalue weighted by atomic mass is 14.7. The highest BCUT2D eigenvalue weighted by Gasteiger charge is 1.87. The van der Waals surface area contributed by atoms with Crippen molar-refractivity contribution < 1.29 is 0 Å². The quantitative estimate of drug-likeness (QED) is 0.494. The standard InChI is InChI=1S/C7H13N/c1-4-6-8-7(3)5-2/h4,6-7H,1,5H2,2-3H3. The highest BCUT2D eigenvalue weighted by Crippen LogP contribution is 1.91. The minimum absolute atomic E-state index is 0.452. The molecule has 0 aromatic heterocycles. The molecule has 0 aromatic carbocycles. The summed E-state index contributed by atoms with van der Waals surface area (Å²) in [6.45, 7) is 7.72. The maximum atomic E-state index is 4.12. The van der Waals surface area contributed by atoms with Crippen molar-refractivity contribution >= 4 is 6.21 Å². The Hall–Kier alpha value is -0.590. The molecule has 0 aliphatic carbocycles. The van der Waals surface area contributed by atoms with Gasteiger partial charge < -0.3 is 0 Å². The van der Waals surface area contributed by atoms with Gasteiger partial charge in [0.2, 0.25) is 0 Å². The summed E-state index contributed by atoms with van der Waals surface area (Å²) in [7, 11) is 0. The second kappa shape index (κ2) is 4.57. The molecule has 0 amide bonds. The predicted molar refractivity (Wildman–Crippen MR) is 38.4 cm³/mol. The monoisotopic (exact) mass is 111 g/mol. The van der Waals surface area contributed by atoms with E-state index in [4.69, 9.17) is 0 Å². The third kappa shape index (κ3) is 3.59. The van der Waals surface area contributed by atoms with Gasteiger partial charge in [-0.1, -0.05) is 19.6 Å². The van der Waals surface area contributed by atoms with Crippen LogP contribution in [0.3, 0.4) is 0 Å². The predicted octanol–water partition coefficient (Wildman–Crippen LogP) is 2.04. The van der Waals surface area contributed by atoms with Crippen molar-refractivity contribution in [3.63, 3.8) is 0 Å². The molecule has 46 valence electrons. The van der Waals surface area contributed by atoms with Crippen LogP contribution >= 0.6 is 0 Å². The van der Waals surface area contributed by atoms with Gasteiger partial charge in [-0.25, -0.2) is 0 Å². The van der Waals surface area contributed by atoms with Crippen molar-refractivity contribution in [1.82, 2.24) is 0 Å². The fourth-order valence-corrected chi connectivity index (χ4v) is 0.313. The van der Waals surface area contributed by atoms with E-state index in [1.165, 1.54) is 0 Å². The summed E-state index contributed by atoms with van der Waals surface area (Å²) in [5, 5.41) is 0. The van der Waals surface area contributed by atoms with Gasteiger partial charge in [-0.15, -0.1) is 0 Å². The summed E-state index contributed by atoms with van der Waals surface area (Å²) in [5.41, 5.74) is 0. The zero-order valence-corrected chi connectivity index (χ0v) is 5.59. The van der Waals surface area contributed by atoms with E-state index in [9.17, 15) is 0 Å². The molecule has 0 bridgehead atoms. The van der Waals surface area contributed by atoms with Crippen molar-refractivity contribution in [2.45, 2.75) is 26.3 Å². The Bertz CT molecular complexity index is 84.4. The summed E-state index contributed by atoms with van der Waals surface area (Å²) in [6.07, 6.45) is 4.55. The van der Waals surface area contributed by atoms with Crippen molar-refractivity contribution in [2.75, 3.05) is 0 Å². The van der Waals surface area contributed by atoms with Gasteiger partial charge in [-0.2, -0.15) is 0 Å². The Kier molecular flexibility index (Phi) is 4.23.